The topological polar surface area (TPSA) is 80.3 Å². The van der Waals surface area contributed by atoms with Crippen molar-refractivity contribution in [3.8, 4) is 0 Å². The zero-order chi connectivity index (χ0) is 32.6. The zero-order valence-electron chi connectivity index (χ0n) is 29.9. The van der Waals surface area contributed by atoms with Gasteiger partial charge >= 0.3 is 17.1 Å². The average molecular weight is 683 g/mol. The van der Waals surface area contributed by atoms with E-state index in [-0.39, 0.29) is 29.9 Å². The van der Waals surface area contributed by atoms with Gasteiger partial charge in [-0.1, -0.05) is 167 Å². The molecule has 5 heteroatoms. The van der Waals surface area contributed by atoms with E-state index in [0.717, 1.165) is 25.7 Å². The Morgan fingerprint density at radius 2 is 0.556 bits per heavy atom. The van der Waals surface area contributed by atoms with Crippen LogP contribution >= 0.6 is 0 Å². The Morgan fingerprint density at radius 1 is 0.356 bits per heavy atom. The van der Waals surface area contributed by atoms with Crippen molar-refractivity contribution < 1.29 is 36.9 Å². The molecule has 0 spiro atoms. The Morgan fingerprint density at radius 3 is 0.778 bits per heavy atom. The minimum atomic E-state index is -0.909. The van der Waals surface area contributed by atoms with E-state index in [1.165, 1.54) is 167 Å². The van der Waals surface area contributed by atoms with Crippen molar-refractivity contribution in [1.82, 2.24) is 0 Å². The molecule has 45 heavy (non-hydrogen) atoms. The maximum absolute atomic E-state index is 10.2. The fourth-order valence-electron chi connectivity index (χ4n) is 5.39. The first kappa shape index (κ1) is 48.3. The molecule has 0 N–H and O–H groups in total. The molecule has 0 atom stereocenters. The summed E-state index contributed by atoms with van der Waals surface area (Å²) in [6, 6.07) is 0. The molecule has 0 aromatic heterocycles. The van der Waals surface area contributed by atoms with Crippen molar-refractivity contribution in [3.63, 3.8) is 0 Å². The van der Waals surface area contributed by atoms with Gasteiger partial charge in [0.15, 0.2) is 0 Å². The molecule has 0 aliphatic rings. The number of carboxylic acids is 2. The summed E-state index contributed by atoms with van der Waals surface area (Å²) in [6.45, 7) is 4.53. The normalized spacial score (nSPS) is 11.1. The van der Waals surface area contributed by atoms with Crippen molar-refractivity contribution in [2.75, 3.05) is 0 Å². The van der Waals surface area contributed by atoms with Gasteiger partial charge in [0.25, 0.3) is 0 Å². The molecule has 0 amide bonds. The summed E-state index contributed by atoms with van der Waals surface area (Å²) in [7, 11) is 0. The summed E-state index contributed by atoms with van der Waals surface area (Å²) in [5.41, 5.74) is 0. The van der Waals surface area contributed by atoms with Crippen LogP contribution < -0.4 is 10.2 Å². The quantitative estimate of drug-likeness (QED) is 0.0384. The monoisotopic (exact) mass is 681 g/mol. The molecule has 0 heterocycles. The van der Waals surface area contributed by atoms with Gasteiger partial charge in [-0.05, 0) is 77.0 Å². The Hall–Kier alpha value is -1.06. The number of rotatable bonds is 34. The summed E-state index contributed by atoms with van der Waals surface area (Å²) < 4.78 is 0. The van der Waals surface area contributed by atoms with E-state index < -0.39 is 11.9 Å². The second-order valence-electron chi connectivity index (χ2n) is 12.8. The predicted octanol–water partition coefficient (Wildman–Crippen LogP) is 11.1. The first-order valence-corrected chi connectivity index (χ1v) is 19.2. The van der Waals surface area contributed by atoms with E-state index in [9.17, 15) is 19.8 Å². The SMILES string of the molecule is CCCCCCCC/C=C\CCCCCCCCCC(=O)[O-].CCCCCCCC/C=C\CCCCCCCCCC(=O)[O-].[Cu+2]. The largest absolute Gasteiger partial charge is 2.00 e. The number of hydrogen-bond donors (Lipinski definition) is 0. The smallest absolute Gasteiger partial charge is 0.550 e. The Kier molecular flexibility index (Phi) is 48.4. The fourth-order valence-corrected chi connectivity index (χ4v) is 5.39. The van der Waals surface area contributed by atoms with Crippen LogP contribution in [0.1, 0.15) is 219 Å². The van der Waals surface area contributed by atoms with E-state index in [1.807, 2.05) is 0 Å². The maximum Gasteiger partial charge on any atom is 2.00 e. The van der Waals surface area contributed by atoms with Crippen LogP contribution in [0.25, 0.3) is 0 Å². The first-order chi connectivity index (χ1) is 21.5. The Balaban J connectivity index is -0.000000767. The van der Waals surface area contributed by atoms with Gasteiger partial charge in [0.1, 0.15) is 0 Å². The average Bonchev–Trinajstić information content (AvgIpc) is 3.00. The number of allylic oxidation sites excluding steroid dienone is 4. The molecule has 0 rings (SSSR count). The standard InChI is InChI=1S/2C20H38O2.Cu/c2*1-2-3-4-5-6-7-8-9-10-11-12-13-14-15-16-17-18-19-20(21)22;/h2*9-10H,2-8,11-19H2,1H3,(H,21,22);/q;;+2/p-2/b2*10-9-;. The number of carbonyl (C=O) groups excluding carboxylic acids is 2. The molecule has 0 saturated heterocycles. The van der Waals surface area contributed by atoms with Gasteiger partial charge in [0.05, 0.1) is 0 Å². The molecule has 0 fully saturated rings. The van der Waals surface area contributed by atoms with Crippen LogP contribution in [-0.4, -0.2) is 11.9 Å². The molecule has 0 saturated carbocycles. The molecule has 0 aliphatic carbocycles. The second kappa shape index (κ2) is 45.1. The van der Waals surface area contributed by atoms with Crippen molar-refractivity contribution in [2.24, 2.45) is 0 Å². The van der Waals surface area contributed by atoms with Gasteiger partial charge in [0.2, 0.25) is 0 Å². The van der Waals surface area contributed by atoms with E-state index in [0.29, 0.717) is 0 Å². The summed E-state index contributed by atoms with van der Waals surface area (Å²) in [6.07, 6.45) is 47.7. The minimum absolute atomic E-state index is 0. The van der Waals surface area contributed by atoms with Gasteiger partial charge in [-0.3, -0.25) is 0 Å². The van der Waals surface area contributed by atoms with Crippen molar-refractivity contribution in [1.29, 1.82) is 0 Å². The first-order valence-electron chi connectivity index (χ1n) is 19.2. The molecule has 269 valence electrons. The molecule has 1 radical (unpaired) electrons. The Labute approximate surface area is 291 Å². The van der Waals surface area contributed by atoms with Crippen LogP contribution in [0, 0.1) is 0 Å². The zero-order valence-corrected chi connectivity index (χ0v) is 30.8. The molecule has 0 aromatic rings. The molecule has 0 aromatic carbocycles. The van der Waals surface area contributed by atoms with Crippen LogP contribution in [0.2, 0.25) is 0 Å². The molecule has 0 unspecified atom stereocenters. The summed E-state index contributed by atoms with van der Waals surface area (Å²) in [5, 5.41) is 20.5. The molecular weight excluding hydrogens is 608 g/mol. The molecule has 0 bridgehead atoms. The van der Waals surface area contributed by atoms with E-state index >= 15 is 0 Å². The van der Waals surface area contributed by atoms with Crippen LogP contribution in [0.3, 0.4) is 0 Å². The second-order valence-corrected chi connectivity index (χ2v) is 12.8. The molecule has 4 nitrogen and oxygen atoms in total. The third-order valence-corrected chi connectivity index (χ3v) is 8.29. The summed E-state index contributed by atoms with van der Waals surface area (Å²) in [5.74, 6) is -1.82. The number of carboxylic acid groups (broad SMARTS) is 2. The minimum Gasteiger partial charge on any atom is -0.550 e. The van der Waals surface area contributed by atoms with E-state index in [2.05, 4.69) is 38.2 Å². The Bertz CT molecular complexity index is 578. The van der Waals surface area contributed by atoms with Crippen LogP contribution in [0.5, 0.6) is 0 Å². The number of hydrogen-bond acceptors (Lipinski definition) is 4. The van der Waals surface area contributed by atoms with E-state index in [1.54, 1.807) is 0 Å². The van der Waals surface area contributed by atoms with Gasteiger partial charge in [-0.2, -0.15) is 0 Å². The van der Waals surface area contributed by atoms with Crippen molar-refractivity contribution >= 4 is 11.9 Å². The van der Waals surface area contributed by atoms with Gasteiger partial charge in [-0.25, -0.2) is 0 Å². The maximum atomic E-state index is 10.2. The van der Waals surface area contributed by atoms with Gasteiger partial charge in [-0.15, -0.1) is 0 Å². The van der Waals surface area contributed by atoms with Crippen LogP contribution in [0.4, 0.5) is 0 Å². The van der Waals surface area contributed by atoms with E-state index in [4.69, 9.17) is 0 Å². The molecule has 0 aliphatic heterocycles. The van der Waals surface area contributed by atoms with Gasteiger partial charge < -0.3 is 19.8 Å². The fraction of sp³-hybridized carbons (Fsp3) is 0.850. The number of unbranched alkanes of at least 4 members (excludes halogenated alkanes) is 26. The molecular formula is C40H74CuO4. The van der Waals surface area contributed by atoms with Crippen LogP contribution in [-0.2, 0) is 26.7 Å². The predicted molar refractivity (Wildman–Crippen MR) is 187 cm³/mol. The summed E-state index contributed by atoms with van der Waals surface area (Å²) >= 11 is 0. The summed E-state index contributed by atoms with van der Waals surface area (Å²) in [4.78, 5) is 20.5. The van der Waals surface area contributed by atoms with Crippen molar-refractivity contribution in [3.05, 3.63) is 24.3 Å². The van der Waals surface area contributed by atoms with Crippen LogP contribution in [0.15, 0.2) is 24.3 Å². The third-order valence-electron chi connectivity index (χ3n) is 8.29. The number of carbonyl (C=O) groups is 2. The van der Waals surface area contributed by atoms with Gasteiger partial charge in [0, 0.05) is 11.9 Å². The van der Waals surface area contributed by atoms with Crippen molar-refractivity contribution in [2.45, 2.75) is 219 Å². The third kappa shape index (κ3) is 52.7. The number of aliphatic carboxylic acids is 2.